The van der Waals surface area contributed by atoms with Gasteiger partial charge in [-0.1, -0.05) is 0 Å². The summed E-state index contributed by atoms with van der Waals surface area (Å²) in [5, 5.41) is 12.0. The zero-order chi connectivity index (χ0) is 20.9. The predicted octanol–water partition coefficient (Wildman–Crippen LogP) is 1.86. The number of fused-ring (bicyclic) bond motifs is 1. The lowest BCUT2D eigenvalue weighted by molar-refractivity contribution is 0.0695. The molecule has 150 valence electrons. The average Bonchev–Trinajstić information content (AvgIpc) is 3.08. The maximum absolute atomic E-state index is 14.7. The fourth-order valence-electron chi connectivity index (χ4n) is 3.49. The summed E-state index contributed by atoms with van der Waals surface area (Å²) < 4.78 is 43.5. The highest BCUT2D eigenvalue weighted by atomic mass is 19.1. The third-order valence-corrected chi connectivity index (χ3v) is 4.92. The molecule has 0 aliphatic carbocycles. The summed E-state index contributed by atoms with van der Waals surface area (Å²) in [5.41, 5.74) is 3.85. The minimum absolute atomic E-state index is 0.0683. The number of pyridine rings is 2. The molecule has 0 amide bonds. The molecule has 2 aromatic heterocycles. The van der Waals surface area contributed by atoms with Gasteiger partial charge in [-0.2, -0.15) is 0 Å². The van der Waals surface area contributed by atoms with E-state index >= 15 is 0 Å². The number of nitrogens with zero attached hydrogens (tertiary/aromatic N) is 2. The molecule has 1 saturated heterocycles. The van der Waals surface area contributed by atoms with Crippen LogP contribution in [0.15, 0.2) is 35.3 Å². The van der Waals surface area contributed by atoms with Crippen molar-refractivity contribution < 1.29 is 23.1 Å². The Bertz CT molecular complexity index is 1210. The van der Waals surface area contributed by atoms with Gasteiger partial charge in [0.05, 0.1) is 22.8 Å². The van der Waals surface area contributed by atoms with Crippen LogP contribution in [-0.2, 0) is 0 Å². The largest absolute Gasteiger partial charge is 0.477 e. The van der Waals surface area contributed by atoms with E-state index in [1.807, 2.05) is 0 Å². The predicted molar refractivity (Wildman–Crippen MR) is 97.5 cm³/mol. The Kier molecular flexibility index (Phi) is 4.59. The molecule has 2 unspecified atom stereocenters. The van der Waals surface area contributed by atoms with Gasteiger partial charge in [-0.3, -0.25) is 9.36 Å². The summed E-state index contributed by atoms with van der Waals surface area (Å²) in [6.07, 6.45) is 1.47. The van der Waals surface area contributed by atoms with E-state index in [9.17, 15) is 27.9 Å². The van der Waals surface area contributed by atoms with Crippen molar-refractivity contribution in [3.63, 3.8) is 0 Å². The van der Waals surface area contributed by atoms with Crippen LogP contribution in [0.25, 0.3) is 16.7 Å². The van der Waals surface area contributed by atoms with E-state index in [-0.39, 0.29) is 22.4 Å². The summed E-state index contributed by atoms with van der Waals surface area (Å²) in [5.74, 6) is -4.25. The second-order valence-corrected chi connectivity index (χ2v) is 6.75. The number of aromatic carboxylic acids is 1. The van der Waals surface area contributed by atoms with Crippen LogP contribution in [0.2, 0.25) is 0 Å². The Balaban J connectivity index is 2.08. The highest BCUT2D eigenvalue weighted by Crippen LogP contribution is 2.27. The molecule has 1 aliphatic rings. The molecule has 4 rings (SSSR count). The Morgan fingerprint density at radius 1 is 1.24 bits per heavy atom. The minimum Gasteiger partial charge on any atom is -0.477 e. The van der Waals surface area contributed by atoms with Crippen molar-refractivity contribution in [2.24, 2.45) is 5.73 Å². The molecule has 4 N–H and O–H groups in total. The first-order valence-electron chi connectivity index (χ1n) is 8.71. The molecule has 0 saturated carbocycles. The fourth-order valence-corrected chi connectivity index (χ4v) is 3.49. The molecule has 1 fully saturated rings. The number of nitrogens with one attached hydrogen (secondary N) is 1. The SMILES string of the molecule is NC1CCNC1c1nc2c(cc1F)c(=O)c(C(=O)O)cn2-c1ccc(F)cc1F. The summed E-state index contributed by atoms with van der Waals surface area (Å²) in [6.45, 7) is 0.544. The van der Waals surface area contributed by atoms with Crippen molar-refractivity contribution >= 4 is 17.0 Å². The molecule has 0 radical (unpaired) electrons. The van der Waals surface area contributed by atoms with Crippen LogP contribution >= 0.6 is 0 Å². The highest BCUT2D eigenvalue weighted by Gasteiger charge is 2.30. The first-order valence-corrected chi connectivity index (χ1v) is 8.71. The van der Waals surface area contributed by atoms with E-state index in [2.05, 4.69) is 10.3 Å². The Morgan fingerprint density at radius 2 is 2.00 bits per heavy atom. The van der Waals surface area contributed by atoms with Gasteiger partial charge in [0.15, 0.2) is 0 Å². The standard InChI is InChI=1S/C19H15F3N4O3/c20-8-1-2-14(11(21)5-8)26-7-10(19(28)29)17(27)9-6-12(22)15(25-18(9)26)16-13(23)3-4-24-16/h1-2,5-7,13,16,24H,3-4,23H2,(H,28,29). The molecular weight excluding hydrogens is 389 g/mol. The number of carboxylic acids is 1. The fraction of sp³-hybridized carbons (Fsp3) is 0.211. The normalized spacial score (nSPS) is 19.0. The van der Waals surface area contributed by atoms with Gasteiger partial charge in [0.2, 0.25) is 5.43 Å². The molecule has 0 spiro atoms. The summed E-state index contributed by atoms with van der Waals surface area (Å²) in [6, 6.07) is 2.48. The summed E-state index contributed by atoms with van der Waals surface area (Å²) >= 11 is 0. The van der Waals surface area contributed by atoms with Crippen LogP contribution in [-0.4, -0.2) is 33.2 Å². The Labute approximate surface area is 161 Å². The van der Waals surface area contributed by atoms with Crippen molar-refractivity contribution in [1.29, 1.82) is 0 Å². The topological polar surface area (TPSA) is 110 Å². The van der Waals surface area contributed by atoms with Crippen LogP contribution in [0.5, 0.6) is 0 Å². The van der Waals surface area contributed by atoms with Crippen molar-refractivity contribution in [2.75, 3.05) is 6.54 Å². The van der Waals surface area contributed by atoms with Gasteiger partial charge in [-0.25, -0.2) is 22.9 Å². The molecule has 2 atom stereocenters. The molecule has 29 heavy (non-hydrogen) atoms. The minimum atomic E-state index is -1.57. The Hall–Kier alpha value is -3.24. The number of hydrogen-bond acceptors (Lipinski definition) is 5. The van der Waals surface area contributed by atoms with Crippen LogP contribution in [0.3, 0.4) is 0 Å². The van der Waals surface area contributed by atoms with E-state index in [1.165, 1.54) is 0 Å². The third-order valence-electron chi connectivity index (χ3n) is 4.92. The first-order chi connectivity index (χ1) is 13.8. The van der Waals surface area contributed by atoms with Crippen molar-refractivity contribution in [3.05, 3.63) is 69.4 Å². The average molecular weight is 404 g/mol. The Morgan fingerprint density at radius 3 is 2.62 bits per heavy atom. The van der Waals surface area contributed by atoms with Gasteiger partial charge in [-0.15, -0.1) is 0 Å². The second kappa shape index (κ2) is 6.98. The van der Waals surface area contributed by atoms with Crippen LogP contribution in [0, 0.1) is 17.5 Å². The first kappa shape index (κ1) is 19.1. The number of hydrogen-bond donors (Lipinski definition) is 3. The van der Waals surface area contributed by atoms with Crippen LogP contribution in [0.1, 0.15) is 28.5 Å². The number of benzene rings is 1. The van der Waals surface area contributed by atoms with Gasteiger partial charge in [0.1, 0.15) is 28.7 Å². The van der Waals surface area contributed by atoms with Crippen molar-refractivity contribution in [1.82, 2.24) is 14.9 Å². The third kappa shape index (κ3) is 3.15. The quantitative estimate of drug-likeness (QED) is 0.615. The summed E-state index contributed by atoms with van der Waals surface area (Å²) in [7, 11) is 0. The van der Waals surface area contributed by atoms with Gasteiger partial charge < -0.3 is 16.2 Å². The molecule has 3 heterocycles. The van der Waals surface area contributed by atoms with E-state index in [0.29, 0.717) is 19.0 Å². The monoisotopic (exact) mass is 404 g/mol. The lowest BCUT2D eigenvalue weighted by atomic mass is 10.0. The second-order valence-electron chi connectivity index (χ2n) is 6.75. The lowest BCUT2D eigenvalue weighted by Gasteiger charge is -2.18. The molecule has 1 aliphatic heterocycles. The molecule has 0 bridgehead atoms. The van der Waals surface area contributed by atoms with Crippen molar-refractivity contribution in [3.8, 4) is 5.69 Å². The number of halogens is 3. The van der Waals surface area contributed by atoms with Gasteiger partial charge in [-0.05, 0) is 31.2 Å². The lowest BCUT2D eigenvalue weighted by Crippen LogP contribution is -2.30. The number of carbonyl (C=O) groups is 1. The number of carboxylic acid groups (broad SMARTS) is 1. The van der Waals surface area contributed by atoms with Crippen LogP contribution in [0.4, 0.5) is 13.2 Å². The van der Waals surface area contributed by atoms with E-state index in [4.69, 9.17) is 5.73 Å². The van der Waals surface area contributed by atoms with E-state index in [1.54, 1.807) is 0 Å². The number of nitrogens with two attached hydrogens (primary N) is 1. The zero-order valence-corrected chi connectivity index (χ0v) is 14.8. The van der Waals surface area contributed by atoms with Gasteiger partial charge in [0.25, 0.3) is 0 Å². The zero-order valence-electron chi connectivity index (χ0n) is 14.8. The molecule has 3 aromatic rings. The maximum atomic E-state index is 14.7. The smallest absolute Gasteiger partial charge is 0.341 e. The molecule has 1 aromatic carbocycles. The highest BCUT2D eigenvalue weighted by molar-refractivity contribution is 5.92. The number of aromatic nitrogens is 2. The number of rotatable bonds is 3. The van der Waals surface area contributed by atoms with E-state index < -0.39 is 46.5 Å². The van der Waals surface area contributed by atoms with Gasteiger partial charge >= 0.3 is 5.97 Å². The molecule has 10 heteroatoms. The van der Waals surface area contributed by atoms with Crippen LogP contribution < -0.4 is 16.5 Å². The maximum Gasteiger partial charge on any atom is 0.341 e. The van der Waals surface area contributed by atoms with Crippen molar-refractivity contribution in [2.45, 2.75) is 18.5 Å². The van der Waals surface area contributed by atoms with E-state index in [0.717, 1.165) is 29.0 Å². The van der Waals surface area contributed by atoms with Gasteiger partial charge in [0, 0.05) is 18.3 Å². The summed E-state index contributed by atoms with van der Waals surface area (Å²) in [4.78, 5) is 28.2. The molecule has 7 nitrogen and oxygen atoms in total. The molecular formula is C19H15F3N4O3.